The van der Waals surface area contributed by atoms with Crippen LogP contribution in [-0.4, -0.2) is 32.5 Å². The molecule has 0 bridgehead atoms. The van der Waals surface area contributed by atoms with Gasteiger partial charge in [-0.1, -0.05) is 22.9 Å². The quantitative estimate of drug-likeness (QED) is 0.930. The van der Waals surface area contributed by atoms with Gasteiger partial charge in [0.2, 0.25) is 0 Å². The third kappa shape index (κ3) is 3.20. The van der Waals surface area contributed by atoms with Crippen LogP contribution in [-0.2, 0) is 10.0 Å². The van der Waals surface area contributed by atoms with Crippen molar-refractivity contribution in [2.75, 3.05) is 23.7 Å². The number of aryl methyl sites for hydroxylation is 1. The Morgan fingerprint density at radius 2 is 2.05 bits per heavy atom. The van der Waals surface area contributed by atoms with Gasteiger partial charge in [0.25, 0.3) is 10.0 Å². The molecule has 0 aromatic carbocycles. The number of aromatic nitrogens is 2. The minimum absolute atomic E-state index is 0.110. The maximum atomic E-state index is 12.2. The predicted molar refractivity (Wildman–Crippen MR) is 81.2 cm³/mol. The predicted octanol–water partition coefficient (Wildman–Crippen LogP) is 2.37. The molecule has 0 atom stereocenters. The normalized spacial score (nSPS) is 11.4. The number of halogens is 1. The lowest BCUT2D eigenvalue weighted by Crippen LogP contribution is -2.14. The highest BCUT2D eigenvalue weighted by molar-refractivity contribution is 7.94. The summed E-state index contributed by atoms with van der Waals surface area (Å²) in [6.45, 7) is 1.60. The van der Waals surface area contributed by atoms with Crippen LogP contribution in [0.3, 0.4) is 0 Å². The van der Waals surface area contributed by atoms with Gasteiger partial charge in [0.15, 0.2) is 8.68 Å². The molecule has 0 radical (unpaired) electrons. The topological polar surface area (TPSA) is 75.2 Å². The highest BCUT2D eigenvalue weighted by atomic mass is 35.5. The summed E-state index contributed by atoms with van der Waals surface area (Å²) < 4.78 is 27.2. The lowest BCUT2D eigenvalue weighted by molar-refractivity contribution is 0.602. The van der Waals surface area contributed by atoms with Gasteiger partial charge in [-0.25, -0.2) is 18.4 Å². The van der Waals surface area contributed by atoms with Crippen molar-refractivity contribution < 1.29 is 8.42 Å². The van der Waals surface area contributed by atoms with E-state index in [2.05, 4.69) is 14.7 Å². The molecule has 2 aromatic rings. The Morgan fingerprint density at radius 3 is 2.50 bits per heavy atom. The molecular formula is C11H13ClN4O2S2. The average Bonchev–Trinajstić information content (AvgIpc) is 2.69. The van der Waals surface area contributed by atoms with Gasteiger partial charge in [-0.05, 0) is 19.1 Å². The number of thiazole rings is 1. The molecule has 1 N–H and O–H groups in total. The van der Waals surface area contributed by atoms with Crippen LogP contribution >= 0.6 is 22.9 Å². The molecule has 0 unspecified atom stereocenters. The summed E-state index contributed by atoms with van der Waals surface area (Å²) in [5.74, 6) is 0.741. The van der Waals surface area contributed by atoms with Gasteiger partial charge in [-0.15, -0.1) is 0 Å². The Balaban J connectivity index is 2.26. The third-order valence-corrected chi connectivity index (χ3v) is 5.68. The Morgan fingerprint density at radius 1 is 1.35 bits per heavy atom. The van der Waals surface area contributed by atoms with E-state index in [1.165, 1.54) is 6.20 Å². The van der Waals surface area contributed by atoms with Crippen LogP contribution in [0.4, 0.5) is 11.5 Å². The first-order chi connectivity index (χ1) is 9.29. The lowest BCUT2D eigenvalue weighted by atomic mass is 10.4. The third-order valence-electron chi connectivity index (χ3n) is 2.43. The minimum Gasteiger partial charge on any atom is -0.363 e. The highest BCUT2D eigenvalue weighted by Crippen LogP contribution is 2.28. The second-order valence-electron chi connectivity index (χ2n) is 4.24. The van der Waals surface area contributed by atoms with Crippen LogP contribution < -0.4 is 9.62 Å². The van der Waals surface area contributed by atoms with Crippen LogP contribution in [0.25, 0.3) is 0 Å². The van der Waals surface area contributed by atoms with E-state index >= 15 is 0 Å². The van der Waals surface area contributed by atoms with Crippen LogP contribution in [0.5, 0.6) is 0 Å². The molecule has 2 aromatic heterocycles. The zero-order valence-corrected chi connectivity index (χ0v) is 13.5. The summed E-state index contributed by atoms with van der Waals surface area (Å²) in [6, 6.07) is 3.38. The molecule has 2 rings (SSSR count). The van der Waals surface area contributed by atoms with Gasteiger partial charge in [-0.2, -0.15) is 0 Å². The number of nitrogens with zero attached hydrogens (tertiary/aromatic N) is 3. The van der Waals surface area contributed by atoms with Gasteiger partial charge in [0.05, 0.1) is 17.6 Å². The van der Waals surface area contributed by atoms with Gasteiger partial charge in [0, 0.05) is 14.1 Å². The van der Waals surface area contributed by atoms with Crippen LogP contribution in [0.15, 0.2) is 22.5 Å². The molecule has 0 amide bonds. The Kier molecular flexibility index (Phi) is 4.17. The first kappa shape index (κ1) is 15.0. The number of hydrogen-bond donors (Lipinski definition) is 1. The van der Waals surface area contributed by atoms with Crippen molar-refractivity contribution >= 4 is 44.5 Å². The van der Waals surface area contributed by atoms with Crippen molar-refractivity contribution in [1.82, 2.24) is 9.97 Å². The monoisotopic (exact) mass is 332 g/mol. The fourth-order valence-corrected chi connectivity index (χ4v) is 4.30. The molecule has 9 heteroatoms. The second-order valence-corrected chi connectivity index (χ2v) is 7.70. The van der Waals surface area contributed by atoms with Crippen molar-refractivity contribution in [3.05, 3.63) is 28.5 Å². The summed E-state index contributed by atoms with van der Waals surface area (Å²) in [4.78, 5) is 9.87. The van der Waals surface area contributed by atoms with E-state index in [1.54, 1.807) is 19.1 Å². The van der Waals surface area contributed by atoms with E-state index in [4.69, 9.17) is 11.6 Å². The summed E-state index contributed by atoms with van der Waals surface area (Å²) in [5.41, 5.74) is 0.768. The van der Waals surface area contributed by atoms with E-state index in [0.717, 1.165) is 17.2 Å². The fraction of sp³-hybridized carbons (Fsp3) is 0.273. The van der Waals surface area contributed by atoms with Gasteiger partial charge in [0.1, 0.15) is 5.82 Å². The first-order valence-electron chi connectivity index (χ1n) is 5.59. The number of anilines is 2. The van der Waals surface area contributed by atoms with E-state index in [0.29, 0.717) is 11.4 Å². The zero-order valence-electron chi connectivity index (χ0n) is 11.1. The Hall–Kier alpha value is -1.38. The van der Waals surface area contributed by atoms with Crippen LogP contribution in [0.1, 0.15) is 5.69 Å². The van der Waals surface area contributed by atoms with Gasteiger partial charge in [-0.3, -0.25) is 4.72 Å². The molecule has 6 nitrogen and oxygen atoms in total. The maximum Gasteiger partial charge on any atom is 0.273 e. The molecular weight excluding hydrogens is 320 g/mol. The summed E-state index contributed by atoms with van der Waals surface area (Å²) in [6.07, 6.45) is 1.46. The van der Waals surface area contributed by atoms with E-state index < -0.39 is 10.0 Å². The van der Waals surface area contributed by atoms with Crippen molar-refractivity contribution in [2.24, 2.45) is 0 Å². The summed E-state index contributed by atoms with van der Waals surface area (Å²) in [5, 5.41) is 0. The molecule has 108 valence electrons. The zero-order chi connectivity index (χ0) is 14.9. The van der Waals surface area contributed by atoms with E-state index in [-0.39, 0.29) is 8.68 Å². The van der Waals surface area contributed by atoms with Crippen LogP contribution in [0, 0.1) is 6.92 Å². The Labute approximate surface area is 126 Å². The molecule has 0 saturated heterocycles. The van der Waals surface area contributed by atoms with Gasteiger partial charge >= 0.3 is 0 Å². The first-order valence-corrected chi connectivity index (χ1v) is 8.26. The van der Waals surface area contributed by atoms with Crippen LogP contribution in [0.2, 0.25) is 4.47 Å². The lowest BCUT2D eigenvalue weighted by Gasteiger charge is -2.12. The van der Waals surface area contributed by atoms with E-state index in [9.17, 15) is 8.42 Å². The molecule has 0 aliphatic carbocycles. The number of rotatable bonds is 4. The SMILES string of the molecule is Cc1nc(Cl)sc1S(=O)(=O)Nc1ccc(N(C)C)nc1. The number of nitrogens with one attached hydrogen (secondary N) is 1. The second kappa shape index (κ2) is 5.55. The van der Waals surface area contributed by atoms with Crippen molar-refractivity contribution in [1.29, 1.82) is 0 Å². The molecule has 0 aliphatic rings. The molecule has 2 heterocycles. The number of hydrogen-bond acceptors (Lipinski definition) is 6. The molecule has 0 saturated carbocycles. The molecule has 0 aliphatic heterocycles. The fourth-order valence-electron chi connectivity index (χ4n) is 1.51. The average molecular weight is 333 g/mol. The number of sulfonamides is 1. The standard InChI is InChI=1S/C11H13ClN4O2S2/c1-7-10(19-11(12)14-7)20(17,18)15-8-4-5-9(13-6-8)16(2)3/h4-6,15H,1-3H3. The minimum atomic E-state index is -3.69. The largest absolute Gasteiger partial charge is 0.363 e. The van der Waals surface area contributed by atoms with E-state index in [1.807, 2.05) is 19.0 Å². The molecule has 0 spiro atoms. The van der Waals surface area contributed by atoms with Crippen molar-refractivity contribution in [3.63, 3.8) is 0 Å². The molecule has 20 heavy (non-hydrogen) atoms. The van der Waals surface area contributed by atoms with Gasteiger partial charge < -0.3 is 4.90 Å². The smallest absolute Gasteiger partial charge is 0.273 e. The van der Waals surface area contributed by atoms with Crippen molar-refractivity contribution in [3.8, 4) is 0 Å². The summed E-state index contributed by atoms with van der Waals surface area (Å²) >= 11 is 6.65. The van der Waals surface area contributed by atoms with Crippen molar-refractivity contribution in [2.45, 2.75) is 11.1 Å². The maximum absolute atomic E-state index is 12.2. The molecule has 0 fully saturated rings. The number of pyridine rings is 1. The highest BCUT2D eigenvalue weighted by Gasteiger charge is 2.21. The Bertz CT molecular complexity index is 711. The summed E-state index contributed by atoms with van der Waals surface area (Å²) in [7, 11) is 0.0237.